The first-order chi connectivity index (χ1) is 9.65. The number of aryl methyl sites for hydroxylation is 2. The van der Waals surface area contributed by atoms with Crippen molar-refractivity contribution in [2.24, 2.45) is 0 Å². The van der Waals surface area contributed by atoms with E-state index in [4.69, 9.17) is 10.2 Å². The smallest absolute Gasteiger partial charge is 0.213 e. The van der Waals surface area contributed by atoms with Crippen LogP contribution in [0.25, 0.3) is 10.9 Å². The first-order valence-corrected chi connectivity index (χ1v) is 6.45. The molecule has 1 aromatic carbocycles. The van der Waals surface area contributed by atoms with Gasteiger partial charge in [0.2, 0.25) is 5.89 Å². The van der Waals surface area contributed by atoms with E-state index in [1.165, 1.54) is 0 Å². The average molecular weight is 268 g/mol. The van der Waals surface area contributed by atoms with Crippen LogP contribution in [0.15, 0.2) is 34.9 Å². The number of nitrogens with one attached hydrogen (secondary N) is 1. The number of rotatable bonds is 3. The van der Waals surface area contributed by atoms with E-state index >= 15 is 0 Å². The third-order valence-electron chi connectivity index (χ3n) is 3.31. The van der Waals surface area contributed by atoms with Gasteiger partial charge in [-0.15, -0.1) is 0 Å². The largest absolute Gasteiger partial charge is 0.444 e. The van der Waals surface area contributed by atoms with Crippen LogP contribution >= 0.6 is 0 Å². The summed E-state index contributed by atoms with van der Waals surface area (Å²) in [6, 6.07) is 7.64. The standard InChI is InChI=1S/C15H16N4O/c1-9-10(2)20-14(19-9)8-18-13-6-5-12(16)11-4-3-7-17-15(11)13/h3-7,18H,8,16H2,1-2H3. The van der Waals surface area contributed by atoms with E-state index in [0.29, 0.717) is 12.4 Å². The van der Waals surface area contributed by atoms with E-state index in [1.54, 1.807) is 6.20 Å². The minimum atomic E-state index is 0.518. The fourth-order valence-corrected chi connectivity index (χ4v) is 2.12. The van der Waals surface area contributed by atoms with Crippen LogP contribution in [0.1, 0.15) is 17.3 Å². The maximum absolute atomic E-state index is 5.96. The number of benzene rings is 1. The fraction of sp³-hybridized carbons (Fsp3) is 0.200. The molecule has 102 valence electrons. The monoisotopic (exact) mass is 268 g/mol. The highest BCUT2D eigenvalue weighted by Gasteiger charge is 2.08. The molecule has 0 radical (unpaired) electrons. The van der Waals surface area contributed by atoms with Crippen molar-refractivity contribution >= 4 is 22.3 Å². The summed E-state index contributed by atoms with van der Waals surface area (Å²) in [7, 11) is 0. The minimum absolute atomic E-state index is 0.518. The Morgan fingerprint density at radius 1 is 1.25 bits per heavy atom. The first kappa shape index (κ1) is 12.5. The second kappa shape index (κ2) is 4.85. The molecule has 0 aliphatic carbocycles. The van der Waals surface area contributed by atoms with Crippen molar-refractivity contribution < 1.29 is 4.42 Å². The molecule has 0 unspecified atom stereocenters. The molecule has 0 atom stereocenters. The van der Waals surface area contributed by atoms with Crippen LogP contribution in [0.4, 0.5) is 11.4 Å². The lowest BCUT2D eigenvalue weighted by Crippen LogP contribution is -2.02. The number of anilines is 2. The van der Waals surface area contributed by atoms with Crippen LogP contribution in [0, 0.1) is 13.8 Å². The lowest BCUT2D eigenvalue weighted by atomic mass is 10.1. The predicted molar refractivity (Wildman–Crippen MR) is 79.5 cm³/mol. The van der Waals surface area contributed by atoms with E-state index in [-0.39, 0.29) is 0 Å². The quantitative estimate of drug-likeness (QED) is 0.714. The Morgan fingerprint density at radius 3 is 2.85 bits per heavy atom. The van der Waals surface area contributed by atoms with Gasteiger partial charge in [0, 0.05) is 17.3 Å². The van der Waals surface area contributed by atoms with E-state index in [0.717, 1.165) is 33.7 Å². The summed E-state index contributed by atoms with van der Waals surface area (Å²) in [5.74, 6) is 1.52. The molecule has 0 saturated carbocycles. The Kier molecular flexibility index (Phi) is 3.02. The van der Waals surface area contributed by atoms with Crippen molar-refractivity contribution in [2.45, 2.75) is 20.4 Å². The van der Waals surface area contributed by atoms with Crippen molar-refractivity contribution in [3.63, 3.8) is 0 Å². The molecular formula is C15H16N4O. The lowest BCUT2D eigenvalue weighted by molar-refractivity contribution is 0.478. The van der Waals surface area contributed by atoms with Gasteiger partial charge in [0.15, 0.2) is 0 Å². The Hall–Kier alpha value is -2.56. The Labute approximate surface area is 116 Å². The van der Waals surface area contributed by atoms with Crippen molar-refractivity contribution in [3.05, 3.63) is 47.8 Å². The second-order valence-electron chi connectivity index (χ2n) is 4.70. The summed E-state index contributed by atoms with van der Waals surface area (Å²) in [5, 5.41) is 4.24. The third kappa shape index (κ3) is 2.18. The molecule has 0 aliphatic heterocycles. The number of hydrogen-bond donors (Lipinski definition) is 2. The number of fused-ring (bicyclic) bond motifs is 1. The van der Waals surface area contributed by atoms with Crippen LogP contribution in [0.3, 0.4) is 0 Å². The fourth-order valence-electron chi connectivity index (χ4n) is 2.12. The van der Waals surface area contributed by atoms with Crippen LogP contribution in [0.2, 0.25) is 0 Å². The molecule has 0 saturated heterocycles. The predicted octanol–water partition coefficient (Wildman–Crippen LogP) is 3.03. The summed E-state index contributed by atoms with van der Waals surface area (Å²) in [6.07, 6.45) is 1.76. The van der Waals surface area contributed by atoms with Crippen LogP contribution < -0.4 is 11.1 Å². The summed E-state index contributed by atoms with van der Waals surface area (Å²) in [5.41, 5.74) is 9.37. The number of oxazole rings is 1. The molecule has 0 aliphatic rings. The van der Waals surface area contributed by atoms with Gasteiger partial charge in [-0.25, -0.2) is 4.98 Å². The second-order valence-corrected chi connectivity index (χ2v) is 4.70. The lowest BCUT2D eigenvalue weighted by Gasteiger charge is -2.09. The zero-order valence-electron chi connectivity index (χ0n) is 11.5. The maximum Gasteiger partial charge on any atom is 0.213 e. The maximum atomic E-state index is 5.96. The Bertz CT molecular complexity index is 744. The molecule has 0 fully saturated rings. The summed E-state index contributed by atoms with van der Waals surface area (Å²) < 4.78 is 5.55. The molecule has 3 N–H and O–H groups in total. The number of nitrogens with two attached hydrogens (primary N) is 1. The van der Waals surface area contributed by atoms with Crippen LogP contribution in [0.5, 0.6) is 0 Å². The van der Waals surface area contributed by atoms with Gasteiger partial charge < -0.3 is 15.5 Å². The summed E-state index contributed by atoms with van der Waals surface area (Å²) in [4.78, 5) is 8.73. The van der Waals surface area contributed by atoms with Gasteiger partial charge in [-0.3, -0.25) is 4.98 Å². The van der Waals surface area contributed by atoms with Crippen LogP contribution in [-0.4, -0.2) is 9.97 Å². The summed E-state index contributed by atoms with van der Waals surface area (Å²) in [6.45, 7) is 4.36. The molecule has 2 aromatic heterocycles. The van der Waals surface area contributed by atoms with Gasteiger partial charge in [0.1, 0.15) is 5.76 Å². The molecule has 3 aromatic rings. The van der Waals surface area contributed by atoms with Crippen molar-refractivity contribution in [3.8, 4) is 0 Å². The highest BCUT2D eigenvalue weighted by atomic mass is 16.4. The van der Waals surface area contributed by atoms with E-state index in [2.05, 4.69) is 15.3 Å². The number of nitrogens with zero attached hydrogens (tertiary/aromatic N) is 2. The number of hydrogen-bond acceptors (Lipinski definition) is 5. The van der Waals surface area contributed by atoms with Crippen LogP contribution in [-0.2, 0) is 6.54 Å². The highest BCUT2D eigenvalue weighted by molar-refractivity contribution is 5.98. The van der Waals surface area contributed by atoms with E-state index in [9.17, 15) is 0 Å². The number of aromatic nitrogens is 2. The SMILES string of the molecule is Cc1nc(CNc2ccc(N)c3cccnc23)oc1C. The van der Waals surface area contributed by atoms with Crippen molar-refractivity contribution in [1.29, 1.82) is 0 Å². The molecule has 3 rings (SSSR count). The van der Waals surface area contributed by atoms with Crippen molar-refractivity contribution in [1.82, 2.24) is 9.97 Å². The van der Waals surface area contributed by atoms with Gasteiger partial charge in [-0.05, 0) is 38.1 Å². The Balaban J connectivity index is 1.89. The number of nitrogen functional groups attached to an aromatic ring is 1. The third-order valence-corrected chi connectivity index (χ3v) is 3.31. The average Bonchev–Trinajstić information content (AvgIpc) is 2.77. The molecule has 2 heterocycles. The van der Waals surface area contributed by atoms with Gasteiger partial charge in [0.25, 0.3) is 0 Å². The summed E-state index contributed by atoms with van der Waals surface area (Å²) >= 11 is 0. The van der Waals surface area contributed by atoms with Crippen molar-refractivity contribution in [2.75, 3.05) is 11.1 Å². The Morgan fingerprint density at radius 2 is 2.10 bits per heavy atom. The molecule has 0 amide bonds. The highest BCUT2D eigenvalue weighted by Crippen LogP contribution is 2.26. The van der Waals surface area contributed by atoms with Gasteiger partial charge in [-0.1, -0.05) is 0 Å². The molecule has 5 nitrogen and oxygen atoms in total. The molecule has 0 bridgehead atoms. The van der Waals surface area contributed by atoms with Gasteiger partial charge in [-0.2, -0.15) is 0 Å². The van der Waals surface area contributed by atoms with Gasteiger partial charge in [0.05, 0.1) is 23.4 Å². The first-order valence-electron chi connectivity index (χ1n) is 6.45. The zero-order chi connectivity index (χ0) is 14.1. The molecule has 5 heteroatoms. The topological polar surface area (TPSA) is 77.0 Å². The van der Waals surface area contributed by atoms with Gasteiger partial charge >= 0.3 is 0 Å². The molecule has 20 heavy (non-hydrogen) atoms. The molecular weight excluding hydrogens is 252 g/mol. The van der Waals surface area contributed by atoms with E-state index in [1.807, 2.05) is 38.1 Å². The molecule has 0 spiro atoms. The number of pyridine rings is 1. The van der Waals surface area contributed by atoms with E-state index < -0.39 is 0 Å². The normalized spacial score (nSPS) is 10.9. The minimum Gasteiger partial charge on any atom is -0.444 e. The zero-order valence-corrected chi connectivity index (χ0v) is 11.5.